The Bertz CT molecular complexity index is 1730. The molecule has 5 rings (SSSR count). The van der Waals surface area contributed by atoms with E-state index in [4.69, 9.17) is 5.73 Å². The molecule has 0 radical (unpaired) electrons. The van der Waals surface area contributed by atoms with Gasteiger partial charge in [0.15, 0.2) is 5.65 Å². The van der Waals surface area contributed by atoms with E-state index >= 15 is 0 Å². The van der Waals surface area contributed by atoms with E-state index in [-0.39, 0.29) is 11.5 Å². The molecule has 9 nitrogen and oxygen atoms in total. The van der Waals surface area contributed by atoms with Gasteiger partial charge in [0.25, 0.3) is 5.56 Å². The van der Waals surface area contributed by atoms with Gasteiger partial charge in [0, 0.05) is 35.8 Å². The van der Waals surface area contributed by atoms with Crippen molar-refractivity contribution in [2.45, 2.75) is 38.3 Å². The van der Waals surface area contributed by atoms with E-state index in [9.17, 15) is 31.1 Å². The molecule has 5 aromatic rings. The van der Waals surface area contributed by atoms with Gasteiger partial charge in [-0.25, -0.2) is 4.52 Å². The number of pyridine rings is 3. The van der Waals surface area contributed by atoms with Crippen LogP contribution in [0.2, 0.25) is 0 Å². The van der Waals surface area contributed by atoms with Crippen LogP contribution < -0.4 is 11.3 Å². The summed E-state index contributed by atoms with van der Waals surface area (Å²) in [7, 11) is 0. The Kier molecular flexibility index (Phi) is 6.59. The number of nitrogen functional groups attached to an aromatic ring is 1. The summed E-state index contributed by atoms with van der Waals surface area (Å²) in [5.41, 5.74) is 6.52. The molecule has 2 N–H and O–H groups in total. The lowest BCUT2D eigenvalue weighted by molar-refractivity contribution is -0.142. The maximum absolute atomic E-state index is 13.0. The van der Waals surface area contributed by atoms with Crippen molar-refractivity contribution in [2.24, 2.45) is 0 Å². The molecular weight excluding hydrogens is 542 g/mol. The van der Waals surface area contributed by atoms with E-state index in [1.807, 2.05) is 6.92 Å². The summed E-state index contributed by atoms with van der Waals surface area (Å²) in [6.07, 6.45) is -3.19. The fraction of sp³-hybridized carbons (Fsp3) is 0.240. The van der Waals surface area contributed by atoms with Crippen LogP contribution in [0, 0.1) is 0 Å². The number of anilines is 1. The van der Waals surface area contributed by atoms with Gasteiger partial charge in [-0.2, -0.15) is 36.4 Å². The van der Waals surface area contributed by atoms with Crippen molar-refractivity contribution >= 4 is 11.6 Å². The van der Waals surface area contributed by atoms with Crippen LogP contribution in [0.15, 0.2) is 66.0 Å². The predicted molar refractivity (Wildman–Crippen MR) is 132 cm³/mol. The quantitative estimate of drug-likeness (QED) is 0.293. The van der Waals surface area contributed by atoms with Crippen molar-refractivity contribution in [1.29, 1.82) is 0 Å². The Morgan fingerprint density at radius 3 is 2.38 bits per heavy atom. The maximum atomic E-state index is 13.0. The van der Waals surface area contributed by atoms with Gasteiger partial charge in [0.05, 0.1) is 17.9 Å². The van der Waals surface area contributed by atoms with Crippen LogP contribution in [-0.4, -0.2) is 40.1 Å². The molecule has 0 bridgehead atoms. The van der Waals surface area contributed by atoms with E-state index in [1.54, 1.807) is 29.2 Å². The highest BCUT2D eigenvalue weighted by molar-refractivity contribution is 5.74. The minimum atomic E-state index is -4.61. The first-order valence-electron chi connectivity index (χ1n) is 11.8. The molecule has 5 aromatic heterocycles. The number of halogens is 6. The maximum Gasteiger partial charge on any atom is 0.433 e. The first-order chi connectivity index (χ1) is 18.8. The summed E-state index contributed by atoms with van der Waals surface area (Å²) in [5.74, 6) is -0.0708. The van der Waals surface area contributed by atoms with Crippen LogP contribution in [0.25, 0.3) is 28.0 Å². The average molecular weight is 562 g/mol. The van der Waals surface area contributed by atoms with E-state index in [0.29, 0.717) is 39.0 Å². The van der Waals surface area contributed by atoms with Crippen molar-refractivity contribution in [3.8, 4) is 22.4 Å². The lowest BCUT2D eigenvalue weighted by Gasteiger charge is -2.16. The van der Waals surface area contributed by atoms with Gasteiger partial charge in [0.1, 0.15) is 12.2 Å². The highest BCUT2D eigenvalue weighted by atomic mass is 19.4. The van der Waals surface area contributed by atoms with E-state index in [1.165, 1.54) is 16.6 Å². The summed E-state index contributed by atoms with van der Waals surface area (Å²) in [5, 5.41) is 8.52. The van der Waals surface area contributed by atoms with E-state index in [2.05, 4.69) is 20.2 Å². The second kappa shape index (κ2) is 9.81. The van der Waals surface area contributed by atoms with Gasteiger partial charge in [-0.05, 0) is 41.8 Å². The number of aromatic nitrogens is 7. The first-order valence-corrected chi connectivity index (χ1v) is 11.8. The third kappa shape index (κ3) is 5.39. The van der Waals surface area contributed by atoms with Crippen molar-refractivity contribution in [3.05, 3.63) is 82.8 Å². The largest absolute Gasteiger partial charge is 0.433 e. The van der Waals surface area contributed by atoms with Crippen molar-refractivity contribution in [1.82, 2.24) is 33.9 Å². The molecule has 5 heterocycles. The molecule has 0 aliphatic carbocycles. The molecular formula is C25H20F6N8O. The molecule has 0 aliphatic rings. The Hall–Kier alpha value is -4.69. The van der Waals surface area contributed by atoms with Gasteiger partial charge in [0.2, 0.25) is 5.95 Å². The molecule has 1 atom stereocenters. The van der Waals surface area contributed by atoms with Gasteiger partial charge < -0.3 is 10.3 Å². The number of hydrogen-bond acceptors (Lipinski definition) is 6. The fourth-order valence-electron chi connectivity index (χ4n) is 4.38. The van der Waals surface area contributed by atoms with Crippen LogP contribution in [0.1, 0.15) is 30.6 Å². The van der Waals surface area contributed by atoms with Crippen molar-refractivity contribution in [3.63, 3.8) is 0 Å². The zero-order valence-electron chi connectivity index (χ0n) is 20.6. The van der Waals surface area contributed by atoms with E-state index in [0.717, 1.165) is 24.5 Å². The van der Waals surface area contributed by atoms with Crippen molar-refractivity contribution in [2.75, 3.05) is 5.73 Å². The molecule has 0 unspecified atom stereocenters. The Morgan fingerprint density at radius 1 is 0.950 bits per heavy atom. The van der Waals surface area contributed by atoms with Gasteiger partial charge in [-0.3, -0.25) is 14.5 Å². The fourth-order valence-corrected chi connectivity index (χ4v) is 4.38. The minimum Gasteiger partial charge on any atom is -0.366 e. The number of hydrogen-bond donors (Lipinski definition) is 1. The van der Waals surface area contributed by atoms with Gasteiger partial charge in [-0.15, -0.1) is 5.10 Å². The van der Waals surface area contributed by atoms with E-state index < -0.39 is 36.2 Å². The number of fused-ring (bicyclic) bond motifs is 1. The zero-order valence-corrected chi connectivity index (χ0v) is 20.6. The molecule has 0 amide bonds. The van der Waals surface area contributed by atoms with Crippen molar-refractivity contribution < 1.29 is 26.3 Å². The zero-order chi connectivity index (χ0) is 28.8. The number of rotatable bonds is 6. The lowest BCUT2D eigenvalue weighted by atomic mass is 10.1. The third-order valence-corrected chi connectivity index (χ3v) is 6.18. The number of alkyl halides is 6. The normalized spacial score (nSPS) is 13.2. The molecule has 0 aliphatic heterocycles. The molecule has 0 saturated heterocycles. The minimum absolute atomic E-state index is 0.0708. The molecule has 0 spiro atoms. The molecule has 0 fully saturated rings. The SMILES string of the molecule is CC[C@@H](c1ccc(C(F)(F)F)nc1)n1cc(-c2cc(-c3ccc(=O)n(CC(F)(F)F)c3)n3nc(N)nc3c2)cn1. The summed E-state index contributed by atoms with van der Waals surface area (Å²) >= 11 is 0. The number of nitrogens with zero attached hydrogens (tertiary/aromatic N) is 7. The molecule has 40 heavy (non-hydrogen) atoms. The van der Waals surface area contributed by atoms with Crippen LogP contribution >= 0.6 is 0 Å². The Labute approximate surface area is 221 Å². The van der Waals surface area contributed by atoms with Crippen LogP contribution in [0.3, 0.4) is 0 Å². The summed E-state index contributed by atoms with van der Waals surface area (Å²) in [6.45, 7) is 0.384. The molecule has 15 heteroatoms. The van der Waals surface area contributed by atoms with Crippen LogP contribution in [0.4, 0.5) is 32.3 Å². The average Bonchev–Trinajstić information content (AvgIpc) is 3.50. The first kappa shape index (κ1) is 26.9. The summed E-state index contributed by atoms with van der Waals surface area (Å²) in [4.78, 5) is 19.8. The Balaban J connectivity index is 1.55. The second-order valence-electron chi connectivity index (χ2n) is 8.98. The molecule has 208 valence electrons. The Morgan fingerprint density at radius 2 is 1.73 bits per heavy atom. The standard InChI is InChI=1S/C25H20F6N8O/c1-2-18(14-3-5-20(33-9-14)25(29,30)31)38-12-17(10-34-38)16-7-19(39-21(8-16)35-23(32)36-39)15-4-6-22(40)37(11-15)13-24(26,27)28/h3-12,18H,2,13H2,1H3,(H2,32,36)/t18-/m0/s1. The van der Waals surface area contributed by atoms with Gasteiger partial charge >= 0.3 is 12.4 Å². The lowest BCUT2D eigenvalue weighted by Crippen LogP contribution is -2.27. The second-order valence-corrected chi connectivity index (χ2v) is 8.98. The summed E-state index contributed by atoms with van der Waals surface area (Å²) < 4.78 is 81.4. The summed E-state index contributed by atoms with van der Waals surface area (Å²) in [6, 6.07) is 7.55. The predicted octanol–water partition coefficient (Wildman–Crippen LogP) is 4.98. The highest BCUT2D eigenvalue weighted by Crippen LogP contribution is 2.32. The third-order valence-electron chi connectivity index (χ3n) is 6.18. The highest BCUT2D eigenvalue weighted by Gasteiger charge is 2.32. The molecule has 0 saturated carbocycles. The topological polar surface area (TPSA) is 109 Å². The van der Waals surface area contributed by atoms with Gasteiger partial charge in [-0.1, -0.05) is 13.0 Å². The smallest absolute Gasteiger partial charge is 0.366 e. The molecule has 0 aromatic carbocycles. The number of nitrogens with two attached hydrogens (primary N) is 1. The van der Waals surface area contributed by atoms with Crippen LogP contribution in [0.5, 0.6) is 0 Å². The van der Waals surface area contributed by atoms with Crippen LogP contribution in [-0.2, 0) is 12.7 Å². The monoisotopic (exact) mass is 562 g/mol.